The molecule has 0 aromatic carbocycles. The lowest BCUT2D eigenvalue weighted by molar-refractivity contribution is -0.174. The van der Waals surface area contributed by atoms with Gasteiger partial charge in [0.1, 0.15) is 10.5 Å². The minimum Gasteiger partial charge on any atom is -0.361 e. The van der Waals surface area contributed by atoms with Gasteiger partial charge in [-0.1, -0.05) is 24.4 Å². The van der Waals surface area contributed by atoms with Gasteiger partial charge in [0, 0.05) is 24.5 Å². The largest absolute Gasteiger partial charge is 0.389 e. The molecular formula is C24H36F3NO6S. The smallest absolute Gasteiger partial charge is 0.361 e. The van der Waals surface area contributed by atoms with Crippen LogP contribution >= 0.6 is 0 Å². The van der Waals surface area contributed by atoms with Gasteiger partial charge in [0.25, 0.3) is 0 Å². The van der Waals surface area contributed by atoms with Crippen molar-refractivity contribution in [3.05, 3.63) is 17.5 Å². The second-order valence-electron chi connectivity index (χ2n) is 10.3. The first-order chi connectivity index (χ1) is 16.3. The van der Waals surface area contributed by atoms with E-state index in [1.54, 1.807) is 6.07 Å². The number of sulfone groups is 1. The van der Waals surface area contributed by atoms with Crippen molar-refractivity contribution >= 4 is 15.6 Å². The number of rotatable bonds is 11. The standard InChI is InChI=1S/C24H36F3NO6S/c1-22(2,35(30,31)14-8-12-24(25,26)27)20(29)16-18-15-19(28-34-18)23(10-5-3-6-11-23)17-33-21-9-4-7-13-32-21/h15,21H,3-14,16-17H2,1-2H3. The van der Waals surface area contributed by atoms with Gasteiger partial charge in [0.05, 0.1) is 24.5 Å². The second-order valence-corrected chi connectivity index (χ2v) is 12.9. The summed E-state index contributed by atoms with van der Waals surface area (Å²) < 4.78 is 78.0. The molecule has 2 heterocycles. The zero-order valence-corrected chi connectivity index (χ0v) is 21.3. The Hall–Kier alpha value is -1.46. The fourth-order valence-electron chi connectivity index (χ4n) is 4.71. The molecule has 35 heavy (non-hydrogen) atoms. The number of hydrogen-bond donors (Lipinski definition) is 0. The van der Waals surface area contributed by atoms with E-state index in [1.807, 2.05) is 0 Å². The summed E-state index contributed by atoms with van der Waals surface area (Å²) in [5.41, 5.74) is 0.324. The lowest BCUT2D eigenvalue weighted by atomic mass is 9.72. The summed E-state index contributed by atoms with van der Waals surface area (Å²) in [6, 6.07) is 1.70. The molecular weight excluding hydrogens is 487 g/mol. The van der Waals surface area contributed by atoms with Crippen LogP contribution in [0, 0.1) is 0 Å². The molecule has 0 amide bonds. The maximum Gasteiger partial charge on any atom is 0.389 e. The summed E-state index contributed by atoms with van der Waals surface area (Å²) in [7, 11) is -4.09. The molecule has 1 unspecified atom stereocenters. The topological polar surface area (TPSA) is 95.7 Å². The Morgan fingerprint density at radius 2 is 1.89 bits per heavy atom. The average molecular weight is 524 g/mol. The molecule has 1 aliphatic heterocycles. The Bertz CT molecular complexity index is 945. The highest BCUT2D eigenvalue weighted by molar-refractivity contribution is 7.93. The van der Waals surface area contributed by atoms with Crippen molar-refractivity contribution in [2.75, 3.05) is 19.0 Å². The number of nitrogens with zero attached hydrogens (tertiary/aromatic N) is 1. The number of ether oxygens (including phenoxy) is 2. The van der Waals surface area contributed by atoms with E-state index in [-0.39, 0.29) is 23.9 Å². The molecule has 2 fully saturated rings. The zero-order valence-electron chi connectivity index (χ0n) is 20.5. The third kappa shape index (κ3) is 7.29. The number of hydrogen-bond acceptors (Lipinski definition) is 7. The number of alkyl halides is 3. The first-order valence-electron chi connectivity index (χ1n) is 12.4. The third-order valence-corrected chi connectivity index (χ3v) is 9.86. The SMILES string of the molecule is CC(C)(C(=O)Cc1cc(C2(COC3CCCCO3)CCCCC2)no1)S(=O)(=O)CCCC(F)(F)F. The van der Waals surface area contributed by atoms with E-state index in [9.17, 15) is 26.4 Å². The van der Waals surface area contributed by atoms with Gasteiger partial charge in [-0.25, -0.2) is 8.42 Å². The maximum absolute atomic E-state index is 12.9. The number of ketones is 1. The summed E-state index contributed by atoms with van der Waals surface area (Å²) >= 11 is 0. The summed E-state index contributed by atoms with van der Waals surface area (Å²) in [6.07, 6.45) is 1.02. The molecule has 2 aliphatic rings. The van der Waals surface area contributed by atoms with E-state index in [1.165, 1.54) is 13.8 Å². The minimum absolute atomic E-state index is 0.237. The van der Waals surface area contributed by atoms with Gasteiger partial charge < -0.3 is 14.0 Å². The van der Waals surface area contributed by atoms with Gasteiger partial charge in [-0.2, -0.15) is 13.2 Å². The van der Waals surface area contributed by atoms with Crippen LogP contribution in [0.2, 0.25) is 0 Å². The molecule has 3 rings (SSSR count). The van der Waals surface area contributed by atoms with E-state index < -0.39 is 45.1 Å². The van der Waals surface area contributed by atoms with Gasteiger partial charge in [-0.05, 0) is 52.4 Å². The van der Waals surface area contributed by atoms with Gasteiger partial charge in [0.15, 0.2) is 21.9 Å². The van der Waals surface area contributed by atoms with Crippen LogP contribution in [0.25, 0.3) is 0 Å². The quantitative estimate of drug-likeness (QED) is 0.400. The fraction of sp³-hybridized carbons (Fsp3) is 0.833. The average Bonchev–Trinajstić information content (AvgIpc) is 3.27. The van der Waals surface area contributed by atoms with Crippen molar-refractivity contribution in [1.82, 2.24) is 5.16 Å². The molecule has 0 bridgehead atoms. The third-order valence-electron chi connectivity index (χ3n) is 7.25. The van der Waals surface area contributed by atoms with E-state index in [0.717, 1.165) is 51.4 Å². The van der Waals surface area contributed by atoms with Crippen LogP contribution in [0.4, 0.5) is 13.2 Å². The van der Waals surface area contributed by atoms with Crippen molar-refractivity contribution in [2.45, 2.75) is 107 Å². The van der Waals surface area contributed by atoms with Crippen LogP contribution in [0.1, 0.15) is 89.5 Å². The molecule has 1 atom stereocenters. The van der Waals surface area contributed by atoms with E-state index in [0.29, 0.717) is 18.9 Å². The summed E-state index contributed by atoms with van der Waals surface area (Å²) in [5.74, 6) is -1.12. The van der Waals surface area contributed by atoms with Crippen LogP contribution in [0.3, 0.4) is 0 Å². The first kappa shape index (κ1) is 28.1. The number of carbonyl (C=O) groups is 1. The second kappa shape index (κ2) is 11.3. The molecule has 1 aromatic heterocycles. The molecule has 1 saturated carbocycles. The summed E-state index contributed by atoms with van der Waals surface area (Å²) in [5, 5.41) is 4.23. The number of carbonyl (C=O) groups excluding carboxylic acids is 1. The predicted octanol–water partition coefficient (Wildman–Crippen LogP) is 5.07. The fourth-order valence-corrected chi connectivity index (χ4v) is 6.16. The van der Waals surface area contributed by atoms with Crippen molar-refractivity contribution in [1.29, 1.82) is 0 Å². The zero-order chi connectivity index (χ0) is 25.7. The summed E-state index contributed by atoms with van der Waals surface area (Å²) in [6.45, 7) is 3.58. The highest BCUT2D eigenvalue weighted by Gasteiger charge is 2.43. The molecule has 0 N–H and O–H groups in total. The Morgan fingerprint density at radius 3 is 2.51 bits per heavy atom. The van der Waals surface area contributed by atoms with Gasteiger partial charge in [-0.3, -0.25) is 4.79 Å². The minimum atomic E-state index is -4.44. The lowest BCUT2D eigenvalue weighted by Gasteiger charge is -2.36. The van der Waals surface area contributed by atoms with Gasteiger partial charge in [-0.15, -0.1) is 0 Å². The molecule has 0 radical (unpaired) electrons. The lowest BCUT2D eigenvalue weighted by Crippen LogP contribution is -2.43. The van der Waals surface area contributed by atoms with E-state index in [4.69, 9.17) is 14.0 Å². The normalized spacial score (nSPS) is 21.7. The number of aromatic nitrogens is 1. The van der Waals surface area contributed by atoms with Crippen LogP contribution in [-0.2, 0) is 35.9 Å². The maximum atomic E-state index is 12.9. The molecule has 7 nitrogen and oxygen atoms in total. The highest BCUT2D eigenvalue weighted by atomic mass is 32.2. The molecule has 1 aromatic rings. The van der Waals surface area contributed by atoms with E-state index >= 15 is 0 Å². The predicted molar refractivity (Wildman–Crippen MR) is 123 cm³/mol. The molecule has 200 valence electrons. The Balaban J connectivity index is 1.67. The van der Waals surface area contributed by atoms with Crippen LogP contribution in [0.15, 0.2) is 10.6 Å². The van der Waals surface area contributed by atoms with Crippen molar-refractivity contribution in [2.24, 2.45) is 0 Å². The van der Waals surface area contributed by atoms with Crippen LogP contribution in [-0.4, -0.2) is 55.5 Å². The first-order valence-corrected chi connectivity index (χ1v) is 14.0. The van der Waals surface area contributed by atoms with Gasteiger partial charge in [0.2, 0.25) is 0 Å². The van der Waals surface area contributed by atoms with Crippen molar-refractivity contribution in [3.8, 4) is 0 Å². The monoisotopic (exact) mass is 523 g/mol. The summed E-state index contributed by atoms with van der Waals surface area (Å²) in [4.78, 5) is 12.9. The molecule has 1 aliphatic carbocycles. The number of Topliss-reactive ketones (excluding diaryl/α,β-unsaturated/α-hetero) is 1. The van der Waals surface area contributed by atoms with Crippen LogP contribution in [0.5, 0.6) is 0 Å². The van der Waals surface area contributed by atoms with Crippen LogP contribution < -0.4 is 0 Å². The highest BCUT2D eigenvalue weighted by Crippen LogP contribution is 2.40. The Kier molecular flexibility index (Phi) is 9.07. The molecule has 1 saturated heterocycles. The van der Waals surface area contributed by atoms with E-state index in [2.05, 4.69) is 5.16 Å². The Morgan fingerprint density at radius 1 is 1.17 bits per heavy atom. The van der Waals surface area contributed by atoms with Crippen molar-refractivity contribution < 1.29 is 40.4 Å². The Labute approximate surface area is 205 Å². The molecule has 11 heteroatoms. The number of halogens is 3. The van der Waals surface area contributed by atoms with Gasteiger partial charge >= 0.3 is 6.18 Å². The molecule has 0 spiro atoms. The van der Waals surface area contributed by atoms with Crippen molar-refractivity contribution in [3.63, 3.8) is 0 Å².